The molecule has 0 aliphatic heterocycles. The summed E-state index contributed by atoms with van der Waals surface area (Å²) in [4.78, 5) is 12.0. The first kappa shape index (κ1) is 15.5. The Morgan fingerprint density at radius 1 is 1.30 bits per heavy atom. The Hall–Kier alpha value is -2.38. The highest BCUT2D eigenvalue weighted by Crippen LogP contribution is 2.19. The fourth-order valence-corrected chi connectivity index (χ4v) is 2.37. The zero-order valence-electron chi connectivity index (χ0n) is 11.6. The third-order valence-corrected chi connectivity index (χ3v) is 3.70. The molecule has 118 valence electrons. The monoisotopic (exact) mass is 353 g/mol. The molecule has 0 aliphatic rings. The van der Waals surface area contributed by atoms with Gasteiger partial charge < -0.3 is 5.32 Å². The molecule has 0 radical (unpaired) electrons. The van der Waals surface area contributed by atoms with Gasteiger partial charge in [0.05, 0.1) is 29.6 Å². The second kappa shape index (κ2) is 6.39. The van der Waals surface area contributed by atoms with Crippen molar-refractivity contribution in [3.8, 4) is 0 Å². The van der Waals surface area contributed by atoms with Gasteiger partial charge in [-0.15, -0.1) is 0 Å². The molecule has 2 N–H and O–H groups in total. The summed E-state index contributed by atoms with van der Waals surface area (Å²) in [6.45, 7) is 0.347. The predicted octanol–water partition coefficient (Wildman–Crippen LogP) is 3.35. The lowest BCUT2D eigenvalue weighted by atomic mass is 10.2. The average Bonchev–Trinajstić information content (AvgIpc) is 3.11. The minimum absolute atomic E-state index is 0.168. The van der Waals surface area contributed by atoms with Crippen LogP contribution < -0.4 is 5.32 Å². The first-order chi connectivity index (χ1) is 11.0. The van der Waals surface area contributed by atoms with Gasteiger partial charge >= 0.3 is 0 Å². The number of nitrogens with one attached hydrogen (secondary N) is 2. The van der Waals surface area contributed by atoms with E-state index in [-0.39, 0.29) is 10.7 Å². The maximum Gasteiger partial charge on any atom is 0.275 e. The summed E-state index contributed by atoms with van der Waals surface area (Å²) in [5.74, 6) is -0.824. The van der Waals surface area contributed by atoms with Crippen LogP contribution in [0.2, 0.25) is 10.0 Å². The molecule has 0 atom stereocenters. The molecule has 3 rings (SSSR count). The fraction of sp³-hybridized carbons (Fsp3) is 0.0714. The van der Waals surface area contributed by atoms with E-state index in [0.717, 1.165) is 0 Å². The summed E-state index contributed by atoms with van der Waals surface area (Å²) < 4.78 is 14.6. The van der Waals surface area contributed by atoms with Crippen molar-refractivity contribution in [2.75, 3.05) is 5.32 Å². The van der Waals surface area contributed by atoms with Crippen molar-refractivity contribution in [1.29, 1.82) is 0 Å². The lowest BCUT2D eigenvalue weighted by Crippen LogP contribution is -2.12. The van der Waals surface area contributed by atoms with Gasteiger partial charge in [-0.05, 0) is 17.7 Å². The van der Waals surface area contributed by atoms with Crippen molar-refractivity contribution in [2.45, 2.75) is 6.54 Å². The van der Waals surface area contributed by atoms with Crippen LogP contribution >= 0.6 is 23.2 Å². The normalized spacial score (nSPS) is 10.7. The molecule has 6 nitrogen and oxygen atoms in total. The lowest BCUT2D eigenvalue weighted by Gasteiger charge is -2.04. The van der Waals surface area contributed by atoms with Crippen molar-refractivity contribution in [3.63, 3.8) is 0 Å². The molecule has 0 saturated heterocycles. The maximum atomic E-state index is 13.0. The van der Waals surface area contributed by atoms with Crippen LogP contribution in [0.25, 0.3) is 0 Å². The minimum Gasteiger partial charge on any atom is -0.318 e. The number of rotatable bonds is 4. The minimum atomic E-state index is -0.424. The molecule has 0 bridgehead atoms. The highest BCUT2D eigenvalue weighted by Gasteiger charge is 2.13. The van der Waals surface area contributed by atoms with Crippen LogP contribution in [0.5, 0.6) is 0 Å². The molecule has 23 heavy (non-hydrogen) atoms. The van der Waals surface area contributed by atoms with Crippen molar-refractivity contribution in [2.24, 2.45) is 0 Å². The molecule has 0 unspecified atom stereocenters. The number of aromatic amines is 1. The number of aromatic nitrogens is 4. The van der Waals surface area contributed by atoms with Crippen LogP contribution in [-0.2, 0) is 6.54 Å². The van der Waals surface area contributed by atoms with E-state index in [1.807, 2.05) is 0 Å². The van der Waals surface area contributed by atoms with E-state index in [1.165, 1.54) is 24.5 Å². The van der Waals surface area contributed by atoms with Gasteiger partial charge in [0.1, 0.15) is 11.5 Å². The van der Waals surface area contributed by atoms with E-state index in [0.29, 0.717) is 22.8 Å². The van der Waals surface area contributed by atoms with Crippen LogP contribution in [0.4, 0.5) is 10.1 Å². The number of halogens is 3. The van der Waals surface area contributed by atoms with Gasteiger partial charge in [-0.3, -0.25) is 14.6 Å². The van der Waals surface area contributed by atoms with Crippen molar-refractivity contribution >= 4 is 34.8 Å². The molecule has 0 saturated carbocycles. The highest BCUT2D eigenvalue weighted by atomic mass is 35.5. The number of amides is 1. The molecule has 1 amide bonds. The Kier molecular flexibility index (Phi) is 4.31. The van der Waals surface area contributed by atoms with Crippen LogP contribution in [-0.4, -0.2) is 25.9 Å². The maximum absolute atomic E-state index is 13.0. The Morgan fingerprint density at radius 3 is 2.83 bits per heavy atom. The van der Waals surface area contributed by atoms with E-state index in [1.54, 1.807) is 16.9 Å². The van der Waals surface area contributed by atoms with E-state index in [2.05, 4.69) is 20.6 Å². The number of carbonyl (C=O) groups excluding carboxylic acids is 1. The first-order valence-electron chi connectivity index (χ1n) is 6.49. The predicted molar refractivity (Wildman–Crippen MR) is 84.3 cm³/mol. The summed E-state index contributed by atoms with van der Waals surface area (Å²) in [7, 11) is 0. The number of benzene rings is 1. The summed E-state index contributed by atoms with van der Waals surface area (Å²) in [6.07, 6.45) is 4.46. The third kappa shape index (κ3) is 3.52. The summed E-state index contributed by atoms with van der Waals surface area (Å²) >= 11 is 11.8. The van der Waals surface area contributed by atoms with Gasteiger partial charge in [0.25, 0.3) is 5.91 Å². The van der Waals surface area contributed by atoms with Gasteiger partial charge in [-0.25, -0.2) is 4.39 Å². The first-order valence-corrected chi connectivity index (χ1v) is 7.25. The molecule has 9 heteroatoms. The van der Waals surface area contributed by atoms with Crippen molar-refractivity contribution in [3.05, 3.63) is 63.9 Å². The van der Waals surface area contributed by atoms with Gasteiger partial charge in [0.15, 0.2) is 0 Å². The Morgan fingerprint density at radius 2 is 2.13 bits per heavy atom. The molecule has 2 aromatic heterocycles. The number of hydrogen-bond donors (Lipinski definition) is 2. The Balaban J connectivity index is 1.71. The zero-order chi connectivity index (χ0) is 16.4. The molecule has 2 heterocycles. The van der Waals surface area contributed by atoms with E-state index in [4.69, 9.17) is 23.2 Å². The SMILES string of the molecule is O=C(Nc1cnn(Cc2ccc(F)cc2Cl)c1)c1[nH]ncc1Cl. The molecule has 1 aromatic carbocycles. The van der Waals surface area contributed by atoms with Gasteiger partial charge in [-0.2, -0.15) is 10.2 Å². The fourth-order valence-electron chi connectivity index (χ4n) is 1.96. The Labute approximate surface area is 140 Å². The lowest BCUT2D eigenvalue weighted by molar-refractivity contribution is 0.102. The molecule has 0 fully saturated rings. The molecule has 3 aromatic rings. The second-order valence-electron chi connectivity index (χ2n) is 4.71. The summed E-state index contributed by atoms with van der Waals surface area (Å²) in [6, 6.07) is 4.15. The number of H-pyrrole nitrogens is 1. The van der Waals surface area contributed by atoms with Gasteiger partial charge in [0.2, 0.25) is 0 Å². The summed E-state index contributed by atoms with van der Waals surface area (Å²) in [5, 5.41) is 13.5. The van der Waals surface area contributed by atoms with E-state index >= 15 is 0 Å². The van der Waals surface area contributed by atoms with Crippen LogP contribution in [0.3, 0.4) is 0 Å². The van der Waals surface area contributed by atoms with E-state index < -0.39 is 11.7 Å². The smallest absolute Gasteiger partial charge is 0.275 e. The molecule has 0 aliphatic carbocycles. The van der Waals surface area contributed by atoms with E-state index in [9.17, 15) is 9.18 Å². The molecular formula is C14H10Cl2FN5O. The van der Waals surface area contributed by atoms with Gasteiger partial charge in [0, 0.05) is 11.2 Å². The largest absolute Gasteiger partial charge is 0.318 e. The van der Waals surface area contributed by atoms with Crippen molar-refractivity contribution < 1.29 is 9.18 Å². The summed E-state index contributed by atoms with van der Waals surface area (Å²) in [5.41, 5.74) is 1.37. The number of nitrogens with zero attached hydrogens (tertiary/aromatic N) is 3. The highest BCUT2D eigenvalue weighted by molar-refractivity contribution is 6.34. The molecule has 0 spiro atoms. The second-order valence-corrected chi connectivity index (χ2v) is 5.52. The standard InChI is InChI=1S/C14H10Cl2FN5O/c15-11-3-9(17)2-1-8(11)6-22-7-10(4-19-22)20-14(23)13-12(16)5-18-21-13/h1-5,7H,6H2,(H,18,21)(H,20,23). The third-order valence-electron chi connectivity index (χ3n) is 3.06. The average molecular weight is 354 g/mol. The van der Waals surface area contributed by atoms with Crippen LogP contribution in [0, 0.1) is 5.82 Å². The topological polar surface area (TPSA) is 75.6 Å². The molecular weight excluding hydrogens is 344 g/mol. The Bertz CT molecular complexity index is 860. The quantitative estimate of drug-likeness (QED) is 0.755. The number of anilines is 1. The van der Waals surface area contributed by atoms with Gasteiger partial charge in [-0.1, -0.05) is 29.3 Å². The van der Waals surface area contributed by atoms with Crippen molar-refractivity contribution in [1.82, 2.24) is 20.0 Å². The van der Waals surface area contributed by atoms with Crippen LogP contribution in [0.15, 0.2) is 36.8 Å². The van der Waals surface area contributed by atoms with Crippen LogP contribution in [0.1, 0.15) is 16.1 Å². The number of carbonyl (C=O) groups is 1. The number of hydrogen-bond acceptors (Lipinski definition) is 3. The zero-order valence-corrected chi connectivity index (χ0v) is 13.1.